The Morgan fingerprint density at radius 3 is 2.58 bits per heavy atom. The Balaban J connectivity index is 1.47. The molecule has 13 heteroatoms. The van der Waals surface area contributed by atoms with Gasteiger partial charge in [-0.1, -0.05) is 47.5 Å². The van der Waals surface area contributed by atoms with Gasteiger partial charge in [-0.3, -0.25) is 9.48 Å². The number of amides is 1. The molecule has 3 aromatic heterocycles. The summed E-state index contributed by atoms with van der Waals surface area (Å²) >= 11 is 12.3. The first-order valence-corrected chi connectivity index (χ1v) is 11.8. The van der Waals surface area contributed by atoms with Crippen molar-refractivity contribution in [2.75, 3.05) is 12.4 Å². The zero-order valence-electron chi connectivity index (χ0n) is 19.5. The number of carbonyl (C=O) groups is 1. The van der Waals surface area contributed by atoms with Gasteiger partial charge in [-0.25, -0.2) is 9.50 Å². The molecule has 3 heterocycles. The Labute approximate surface area is 223 Å². The highest BCUT2D eigenvalue weighted by Crippen LogP contribution is 2.35. The van der Waals surface area contributed by atoms with Gasteiger partial charge in [0.1, 0.15) is 10.8 Å². The van der Waals surface area contributed by atoms with Gasteiger partial charge in [-0.15, -0.1) is 0 Å². The number of fused-ring (bicyclic) bond motifs is 1. The third-order valence-electron chi connectivity index (χ3n) is 5.55. The van der Waals surface area contributed by atoms with Crippen LogP contribution in [0.1, 0.15) is 21.7 Å². The van der Waals surface area contributed by atoms with E-state index in [1.807, 2.05) is 12.1 Å². The molecular weight excluding hydrogens is 544 g/mol. The van der Waals surface area contributed by atoms with Crippen molar-refractivity contribution in [1.29, 1.82) is 0 Å². The molecule has 1 amide bonds. The van der Waals surface area contributed by atoms with E-state index in [-0.39, 0.29) is 16.4 Å². The number of alkyl halides is 3. The topological polar surface area (TPSA) is 86.3 Å². The highest BCUT2D eigenvalue weighted by atomic mass is 35.5. The predicted molar refractivity (Wildman–Crippen MR) is 136 cm³/mol. The van der Waals surface area contributed by atoms with Gasteiger partial charge in [-0.2, -0.15) is 23.4 Å². The highest BCUT2D eigenvalue weighted by molar-refractivity contribution is 6.37. The summed E-state index contributed by atoms with van der Waals surface area (Å²) in [4.78, 5) is 17.2. The van der Waals surface area contributed by atoms with Crippen LogP contribution in [-0.2, 0) is 12.7 Å². The summed E-state index contributed by atoms with van der Waals surface area (Å²) in [5, 5.41) is 10.9. The SMILES string of the molecule is COc1cccc(-c2cc(C(F)(F)F)n3nc(C(=O)Nc4cnn(Cc5ccc(Cl)cc5)c4)c(Cl)c3n2)c1. The second kappa shape index (κ2) is 9.99. The number of halogens is 5. The number of nitrogens with zero attached hydrogens (tertiary/aromatic N) is 5. The number of rotatable bonds is 6. The van der Waals surface area contributed by atoms with Gasteiger partial charge in [0.25, 0.3) is 5.91 Å². The third kappa shape index (κ3) is 5.15. The molecule has 0 saturated carbocycles. The van der Waals surface area contributed by atoms with E-state index >= 15 is 0 Å². The molecule has 194 valence electrons. The largest absolute Gasteiger partial charge is 0.497 e. The zero-order chi connectivity index (χ0) is 27.0. The maximum atomic E-state index is 14.0. The molecule has 0 unspecified atom stereocenters. The molecule has 5 aromatic rings. The lowest BCUT2D eigenvalue weighted by Crippen LogP contribution is -2.15. The van der Waals surface area contributed by atoms with Gasteiger partial charge < -0.3 is 10.1 Å². The molecule has 0 aliphatic carbocycles. The Kier molecular flexibility index (Phi) is 6.72. The summed E-state index contributed by atoms with van der Waals surface area (Å²) in [5.74, 6) is -0.378. The molecule has 0 saturated heterocycles. The van der Waals surface area contributed by atoms with E-state index in [1.165, 1.54) is 13.3 Å². The maximum absolute atomic E-state index is 14.0. The number of nitrogens with one attached hydrogen (secondary N) is 1. The lowest BCUT2D eigenvalue weighted by Gasteiger charge is -2.11. The Morgan fingerprint density at radius 2 is 1.87 bits per heavy atom. The maximum Gasteiger partial charge on any atom is 0.433 e. The minimum Gasteiger partial charge on any atom is -0.497 e. The Morgan fingerprint density at radius 1 is 1.11 bits per heavy atom. The molecule has 38 heavy (non-hydrogen) atoms. The van der Waals surface area contributed by atoms with Crippen LogP contribution in [0.2, 0.25) is 10.0 Å². The van der Waals surface area contributed by atoms with Gasteiger partial charge in [0.05, 0.1) is 31.2 Å². The van der Waals surface area contributed by atoms with Gasteiger partial charge >= 0.3 is 6.18 Å². The molecule has 0 spiro atoms. The van der Waals surface area contributed by atoms with Crippen LogP contribution in [0.15, 0.2) is 67.0 Å². The van der Waals surface area contributed by atoms with E-state index in [4.69, 9.17) is 27.9 Å². The lowest BCUT2D eigenvalue weighted by molar-refractivity contribution is -0.142. The van der Waals surface area contributed by atoms with Gasteiger partial charge in [0, 0.05) is 16.8 Å². The molecule has 1 N–H and O–H groups in total. The minimum absolute atomic E-state index is 0.0130. The number of benzene rings is 2. The first kappa shape index (κ1) is 25.6. The van der Waals surface area contributed by atoms with Crippen molar-refractivity contribution < 1.29 is 22.7 Å². The Bertz CT molecular complexity index is 1650. The molecule has 5 rings (SSSR count). The van der Waals surface area contributed by atoms with Gasteiger partial charge in [0.2, 0.25) is 0 Å². The van der Waals surface area contributed by atoms with Crippen molar-refractivity contribution in [3.05, 3.63) is 94.0 Å². The number of hydrogen-bond donors (Lipinski definition) is 1. The smallest absolute Gasteiger partial charge is 0.433 e. The van der Waals surface area contributed by atoms with Crippen LogP contribution in [0.5, 0.6) is 5.75 Å². The molecule has 0 aliphatic rings. The van der Waals surface area contributed by atoms with Gasteiger partial charge in [-0.05, 0) is 35.9 Å². The normalized spacial score (nSPS) is 11.6. The summed E-state index contributed by atoms with van der Waals surface area (Å²) < 4.78 is 49.2. The van der Waals surface area contributed by atoms with Crippen molar-refractivity contribution in [1.82, 2.24) is 24.4 Å². The van der Waals surface area contributed by atoms with E-state index in [0.717, 1.165) is 11.6 Å². The van der Waals surface area contributed by atoms with Crippen molar-refractivity contribution in [2.45, 2.75) is 12.7 Å². The minimum atomic E-state index is -4.80. The predicted octanol–water partition coefficient (Wildman–Crippen LogP) is 6.23. The number of ether oxygens (including phenoxy) is 1. The van der Waals surface area contributed by atoms with E-state index in [9.17, 15) is 18.0 Å². The van der Waals surface area contributed by atoms with Gasteiger partial charge in [0.15, 0.2) is 17.0 Å². The zero-order valence-corrected chi connectivity index (χ0v) is 21.0. The first-order valence-electron chi connectivity index (χ1n) is 11.0. The molecule has 0 radical (unpaired) electrons. The summed E-state index contributed by atoms with van der Waals surface area (Å²) in [6.45, 7) is 0.411. The fourth-order valence-corrected chi connectivity index (χ4v) is 4.12. The van der Waals surface area contributed by atoms with Crippen LogP contribution in [0.3, 0.4) is 0 Å². The van der Waals surface area contributed by atoms with E-state index in [2.05, 4.69) is 20.5 Å². The fourth-order valence-electron chi connectivity index (χ4n) is 3.75. The average molecular weight is 561 g/mol. The third-order valence-corrected chi connectivity index (χ3v) is 6.15. The van der Waals surface area contributed by atoms with E-state index in [0.29, 0.717) is 33.1 Å². The number of carbonyl (C=O) groups excluding carboxylic acids is 1. The number of aromatic nitrogens is 5. The van der Waals surface area contributed by atoms with Crippen LogP contribution in [0, 0.1) is 0 Å². The Hall–Kier alpha value is -4.09. The van der Waals surface area contributed by atoms with Crippen LogP contribution >= 0.6 is 23.2 Å². The second-order valence-electron chi connectivity index (χ2n) is 8.16. The average Bonchev–Trinajstić information content (AvgIpc) is 3.47. The van der Waals surface area contributed by atoms with Crippen LogP contribution in [0.4, 0.5) is 18.9 Å². The molecule has 0 fully saturated rings. The summed E-state index contributed by atoms with van der Waals surface area (Å²) in [7, 11) is 1.44. The summed E-state index contributed by atoms with van der Waals surface area (Å²) in [6.07, 6.45) is -1.84. The second-order valence-corrected chi connectivity index (χ2v) is 8.98. The molecule has 0 atom stereocenters. The molecule has 8 nitrogen and oxygen atoms in total. The van der Waals surface area contributed by atoms with Crippen LogP contribution in [-0.4, -0.2) is 37.4 Å². The quantitative estimate of drug-likeness (QED) is 0.266. The first-order chi connectivity index (χ1) is 18.1. The highest BCUT2D eigenvalue weighted by Gasteiger charge is 2.36. The number of anilines is 1. The molecule has 0 aliphatic heterocycles. The molecule has 0 bridgehead atoms. The molecule has 2 aromatic carbocycles. The summed E-state index contributed by atoms with van der Waals surface area (Å²) in [5.41, 5.74) is -0.290. The van der Waals surface area contributed by atoms with Crippen LogP contribution in [0.25, 0.3) is 16.9 Å². The van der Waals surface area contributed by atoms with Crippen molar-refractivity contribution in [3.8, 4) is 17.0 Å². The van der Waals surface area contributed by atoms with Crippen molar-refractivity contribution >= 4 is 40.4 Å². The fraction of sp³-hybridized carbons (Fsp3) is 0.120. The molecular formula is C25H17Cl2F3N6O2. The summed E-state index contributed by atoms with van der Waals surface area (Å²) in [6, 6.07) is 14.4. The number of hydrogen-bond acceptors (Lipinski definition) is 5. The monoisotopic (exact) mass is 560 g/mol. The van der Waals surface area contributed by atoms with E-state index < -0.39 is 23.5 Å². The van der Waals surface area contributed by atoms with Crippen LogP contribution < -0.4 is 10.1 Å². The standard InChI is InChI=1S/C25H17Cl2F3N6O2/c1-38-18-4-2-3-15(9-18)19-10-20(25(28,29)30)36-23(33-19)21(27)22(34-36)24(37)32-17-11-31-35(13-17)12-14-5-7-16(26)8-6-14/h2-11,13H,12H2,1H3,(H,32,37). The lowest BCUT2D eigenvalue weighted by atomic mass is 10.1. The van der Waals surface area contributed by atoms with Crippen molar-refractivity contribution in [3.63, 3.8) is 0 Å². The van der Waals surface area contributed by atoms with Crippen molar-refractivity contribution in [2.24, 2.45) is 0 Å². The number of methoxy groups -OCH3 is 1. The van der Waals surface area contributed by atoms with E-state index in [1.54, 1.807) is 47.3 Å².